The van der Waals surface area contributed by atoms with Gasteiger partial charge in [-0.1, -0.05) is 11.6 Å². The molecule has 2 aromatic heterocycles. The molecule has 1 N–H and O–H groups in total. The second-order valence-corrected chi connectivity index (χ2v) is 12.0. The minimum atomic E-state index is -4.04. The Morgan fingerprint density at radius 1 is 1.10 bits per heavy atom. The van der Waals surface area contributed by atoms with Crippen molar-refractivity contribution in [2.45, 2.75) is 16.0 Å². The Labute approximate surface area is 182 Å². The number of oxazole rings is 1. The predicted octanol–water partition coefficient (Wildman–Crippen LogP) is 4.72. The molecule has 2 aromatic carbocycles. The number of hydrogen-bond acceptors (Lipinski definition) is 7. The van der Waals surface area contributed by atoms with Gasteiger partial charge in [0.15, 0.2) is 22.0 Å². The fourth-order valence-corrected chi connectivity index (χ4v) is 6.97. The van der Waals surface area contributed by atoms with Gasteiger partial charge in [0.2, 0.25) is 0 Å². The number of thiophene rings is 1. The Morgan fingerprint density at radius 3 is 2.53 bits per heavy atom. The minimum absolute atomic E-state index is 0.0457. The van der Waals surface area contributed by atoms with Crippen LogP contribution in [0.4, 0.5) is 5.69 Å². The summed E-state index contributed by atoms with van der Waals surface area (Å²) in [4.78, 5) is 3.65. The van der Waals surface area contributed by atoms with Crippen LogP contribution in [0.25, 0.3) is 21.4 Å². The van der Waals surface area contributed by atoms with Crippen molar-refractivity contribution in [3.8, 4) is 11.3 Å². The van der Waals surface area contributed by atoms with Gasteiger partial charge >= 0.3 is 0 Å². The Morgan fingerprint density at radius 2 is 1.87 bits per heavy atom. The summed E-state index contributed by atoms with van der Waals surface area (Å²) in [5.41, 5.74) is 0.961. The van der Waals surface area contributed by atoms with E-state index in [1.54, 1.807) is 31.2 Å². The second kappa shape index (κ2) is 7.38. The Bertz CT molecular complexity index is 1470. The van der Waals surface area contributed by atoms with Gasteiger partial charge < -0.3 is 4.42 Å². The Balaban J connectivity index is 1.81. The molecule has 0 saturated heterocycles. The maximum atomic E-state index is 13.1. The molecule has 0 aliphatic carbocycles. The number of anilines is 1. The third kappa shape index (κ3) is 3.83. The Kier molecular flexibility index (Phi) is 5.13. The average Bonchev–Trinajstić information content (AvgIpc) is 3.30. The molecule has 4 aromatic rings. The highest BCUT2D eigenvalue weighted by Crippen LogP contribution is 2.37. The van der Waals surface area contributed by atoms with E-state index in [2.05, 4.69) is 9.71 Å². The van der Waals surface area contributed by atoms with Gasteiger partial charge in [0.25, 0.3) is 10.0 Å². The van der Waals surface area contributed by atoms with Crippen LogP contribution in [0.1, 0.15) is 5.56 Å². The third-order valence-electron chi connectivity index (χ3n) is 4.44. The van der Waals surface area contributed by atoms with Gasteiger partial charge in [-0.05, 0) is 54.3 Å². The van der Waals surface area contributed by atoms with Crippen molar-refractivity contribution in [1.29, 1.82) is 0 Å². The summed E-state index contributed by atoms with van der Waals surface area (Å²) in [5.74, 6) is 0.367. The molecular weight excluding hydrogens is 468 g/mol. The first-order valence-electron chi connectivity index (χ1n) is 8.51. The number of hydrogen-bond donors (Lipinski definition) is 1. The van der Waals surface area contributed by atoms with Gasteiger partial charge in [0, 0.05) is 21.5 Å². The Hall–Kier alpha value is -2.40. The molecule has 0 saturated carbocycles. The van der Waals surface area contributed by atoms with Gasteiger partial charge in [0.05, 0.1) is 16.8 Å². The number of sulfone groups is 1. The lowest BCUT2D eigenvalue weighted by Gasteiger charge is -2.12. The highest BCUT2D eigenvalue weighted by molar-refractivity contribution is 7.95. The largest absolute Gasteiger partial charge is 0.444 e. The summed E-state index contributed by atoms with van der Waals surface area (Å²) in [6, 6.07) is 9.45. The van der Waals surface area contributed by atoms with E-state index in [0.29, 0.717) is 21.9 Å². The topological polar surface area (TPSA) is 106 Å². The van der Waals surface area contributed by atoms with Crippen LogP contribution in [-0.4, -0.2) is 28.1 Å². The van der Waals surface area contributed by atoms with E-state index in [9.17, 15) is 16.8 Å². The van der Waals surface area contributed by atoms with E-state index in [0.717, 1.165) is 27.7 Å². The molecule has 0 radical (unpaired) electrons. The maximum Gasteiger partial charge on any atom is 0.271 e. The molecule has 0 aliphatic heterocycles. The average molecular weight is 483 g/mol. The van der Waals surface area contributed by atoms with Crippen LogP contribution in [0.15, 0.2) is 62.5 Å². The number of nitrogens with one attached hydrogen (secondary N) is 1. The quantitative estimate of drug-likeness (QED) is 0.441. The molecule has 0 unspecified atom stereocenters. The number of sulfonamides is 1. The van der Waals surface area contributed by atoms with Gasteiger partial charge in [0.1, 0.15) is 4.21 Å². The van der Waals surface area contributed by atoms with Crippen LogP contribution in [0.2, 0.25) is 5.02 Å². The van der Waals surface area contributed by atoms with Crippen molar-refractivity contribution >= 4 is 58.6 Å². The summed E-state index contributed by atoms with van der Waals surface area (Å²) < 4.78 is 59.4. The van der Waals surface area contributed by atoms with Crippen molar-refractivity contribution < 1.29 is 21.3 Å². The fourth-order valence-electron chi connectivity index (χ4n) is 3.04. The first-order chi connectivity index (χ1) is 14.1. The molecule has 0 spiro atoms. The zero-order chi connectivity index (χ0) is 21.7. The molecule has 0 bridgehead atoms. The van der Waals surface area contributed by atoms with Crippen LogP contribution < -0.4 is 4.72 Å². The van der Waals surface area contributed by atoms with Crippen LogP contribution in [-0.2, 0) is 19.9 Å². The summed E-state index contributed by atoms with van der Waals surface area (Å²) in [6.45, 7) is 1.69. The molecule has 0 amide bonds. The number of aryl methyl sites for hydroxylation is 1. The van der Waals surface area contributed by atoms with Crippen molar-refractivity contribution in [3.05, 3.63) is 59.6 Å². The smallest absolute Gasteiger partial charge is 0.271 e. The standard InChI is InChI=1S/C19H15ClN2O5S3/c1-11-14-8-13(20)4-6-17(14)28-19(11)30(25,26)22-15-5-3-12(16-9-21-10-27-16)7-18(15)29(2,23)24/h3-10,22H,1-2H3. The van der Waals surface area contributed by atoms with E-state index in [1.807, 2.05) is 0 Å². The minimum Gasteiger partial charge on any atom is -0.444 e. The molecular formula is C19H15ClN2O5S3. The molecule has 0 fully saturated rings. The molecule has 156 valence electrons. The second-order valence-electron chi connectivity index (χ2n) is 6.61. The lowest BCUT2D eigenvalue weighted by atomic mass is 10.2. The van der Waals surface area contributed by atoms with Gasteiger partial charge in [-0.15, -0.1) is 11.3 Å². The molecule has 11 heteroatoms. The molecule has 0 aliphatic rings. The van der Waals surface area contributed by atoms with Gasteiger partial charge in [-0.3, -0.25) is 4.72 Å². The van der Waals surface area contributed by atoms with Gasteiger partial charge in [-0.25, -0.2) is 21.8 Å². The van der Waals surface area contributed by atoms with Crippen molar-refractivity contribution in [2.24, 2.45) is 0 Å². The highest BCUT2D eigenvalue weighted by atomic mass is 35.5. The highest BCUT2D eigenvalue weighted by Gasteiger charge is 2.25. The predicted molar refractivity (Wildman–Crippen MR) is 117 cm³/mol. The lowest BCUT2D eigenvalue weighted by Crippen LogP contribution is -2.15. The first-order valence-corrected chi connectivity index (χ1v) is 13.1. The molecule has 4 rings (SSSR count). The molecule has 0 atom stereocenters. The van der Waals surface area contributed by atoms with Crippen LogP contribution in [0, 0.1) is 6.92 Å². The van der Waals surface area contributed by atoms with E-state index in [-0.39, 0.29) is 14.8 Å². The van der Waals surface area contributed by atoms with Crippen molar-refractivity contribution in [3.63, 3.8) is 0 Å². The number of aromatic nitrogens is 1. The lowest BCUT2D eigenvalue weighted by molar-refractivity contribution is 0.572. The van der Waals surface area contributed by atoms with Crippen LogP contribution in [0.3, 0.4) is 0 Å². The number of nitrogens with zero attached hydrogens (tertiary/aromatic N) is 1. The van der Waals surface area contributed by atoms with E-state index in [1.165, 1.54) is 24.7 Å². The summed E-state index contributed by atoms with van der Waals surface area (Å²) >= 11 is 7.12. The van der Waals surface area contributed by atoms with Gasteiger partial charge in [-0.2, -0.15) is 0 Å². The van der Waals surface area contributed by atoms with E-state index >= 15 is 0 Å². The SMILES string of the molecule is Cc1c(S(=O)(=O)Nc2ccc(-c3cnco3)cc2S(C)(=O)=O)sc2ccc(Cl)cc12. The van der Waals surface area contributed by atoms with E-state index < -0.39 is 19.9 Å². The number of halogens is 1. The summed E-state index contributed by atoms with van der Waals surface area (Å²) in [7, 11) is -7.79. The zero-order valence-corrected chi connectivity index (χ0v) is 18.9. The summed E-state index contributed by atoms with van der Waals surface area (Å²) in [6.07, 6.45) is 3.68. The monoisotopic (exact) mass is 482 g/mol. The van der Waals surface area contributed by atoms with Crippen molar-refractivity contribution in [2.75, 3.05) is 11.0 Å². The molecule has 2 heterocycles. The molecule has 30 heavy (non-hydrogen) atoms. The number of fused-ring (bicyclic) bond motifs is 1. The summed E-state index contributed by atoms with van der Waals surface area (Å²) in [5, 5.41) is 1.24. The third-order valence-corrected chi connectivity index (χ3v) is 9.07. The first kappa shape index (κ1) is 20.9. The zero-order valence-electron chi connectivity index (χ0n) is 15.7. The van der Waals surface area contributed by atoms with Crippen molar-refractivity contribution in [1.82, 2.24) is 4.98 Å². The van der Waals surface area contributed by atoms with Crippen LogP contribution in [0.5, 0.6) is 0 Å². The maximum absolute atomic E-state index is 13.1. The molecule has 7 nitrogen and oxygen atoms in total. The normalized spacial score (nSPS) is 12.4. The fraction of sp³-hybridized carbons (Fsp3) is 0.105. The number of rotatable bonds is 5. The number of benzene rings is 2. The van der Waals surface area contributed by atoms with Crippen LogP contribution >= 0.6 is 22.9 Å². The van der Waals surface area contributed by atoms with E-state index in [4.69, 9.17) is 16.0 Å².